The smallest absolute Gasteiger partial charge is 0.373 e. The third kappa shape index (κ3) is 2.96. The molecule has 2 aromatic rings. The van der Waals surface area contributed by atoms with Gasteiger partial charge in [0.1, 0.15) is 0 Å². The van der Waals surface area contributed by atoms with E-state index in [0.717, 1.165) is 5.56 Å². The number of hydrogen-bond acceptors (Lipinski definition) is 4. The molecule has 1 aromatic carbocycles. The maximum atomic E-state index is 12.8. The van der Waals surface area contributed by atoms with Crippen molar-refractivity contribution in [2.24, 2.45) is 0 Å². The van der Waals surface area contributed by atoms with Crippen LogP contribution in [0.3, 0.4) is 0 Å². The standard InChI is InChI=1S/C17H14F3NO3S/c1-16(24,17(18,19)20)15(23)21-11-4-2-3-9-5-6-10-7-8-25-14(10)13(22)12(9)11/h2-4,7-8,24H,5-6H2,1H3,(H,21,23). The minimum atomic E-state index is -5.13. The van der Waals surface area contributed by atoms with Crippen molar-refractivity contribution < 1.29 is 27.9 Å². The van der Waals surface area contributed by atoms with Crippen LogP contribution in [0.15, 0.2) is 29.6 Å². The predicted molar refractivity (Wildman–Crippen MR) is 86.9 cm³/mol. The number of aryl methyl sites for hydroxylation is 2. The quantitative estimate of drug-likeness (QED) is 0.853. The molecule has 0 saturated heterocycles. The Balaban J connectivity index is 2.01. The highest BCUT2D eigenvalue weighted by Crippen LogP contribution is 2.34. The van der Waals surface area contributed by atoms with Gasteiger partial charge in [-0.2, -0.15) is 13.2 Å². The number of hydrogen-bond donors (Lipinski definition) is 2. The molecule has 0 bridgehead atoms. The molecule has 0 radical (unpaired) electrons. The SMILES string of the molecule is CC(O)(C(=O)Nc1cccc2c1C(=O)c1sccc1CC2)C(F)(F)F. The van der Waals surface area contributed by atoms with E-state index in [0.29, 0.717) is 30.2 Å². The zero-order valence-corrected chi connectivity index (χ0v) is 13.9. The van der Waals surface area contributed by atoms with Crippen LogP contribution in [0.1, 0.15) is 33.3 Å². The minimum absolute atomic E-state index is 0.0294. The van der Waals surface area contributed by atoms with E-state index in [1.165, 1.54) is 17.4 Å². The number of carbonyl (C=O) groups is 2. The minimum Gasteiger partial charge on any atom is -0.373 e. The van der Waals surface area contributed by atoms with Crippen molar-refractivity contribution in [2.75, 3.05) is 5.32 Å². The van der Waals surface area contributed by atoms with Gasteiger partial charge in [0.2, 0.25) is 11.4 Å². The summed E-state index contributed by atoms with van der Waals surface area (Å²) in [7, 11) is 0. The zero-order valence-electron chi connectivity index (χ0n) is 13.1. The van der Waals surface area contributed by atoms with Crippen LogP contribution >= 0.6 is 11.3 Å². The Morgan fingerprint density at radius 3 is 2.56 bits per heavy atom. The summed E-state index contributed by atoms with van der Waals surface area (Å²) in [4.78, 5) is 25.3. The normalized spacial score (nSPS) is 16.4. The van der Waals surface area contributed by atoms with Crippen molar-refractivity contribution in [1.29, 1.82) is 0 Å². The van der Waals surface area contributed by atoms with Crippen molar-refractivity contribution in [3.63, 3.8) is 0 Å². The molecule has 2 N–H and O–H groups in total. The fourth-order valence-electron chi connectivity index (χ4n) is 2.67. The van der Waals surface area contributed by atoms with E-state index in [4.69, 9.17) is 0 Å². The number of benzene rings is 1. The number of amides is 1. The summed E-state index contributed by atoms with van der Waals surface area (Å²) in [5, 5.41) is 13.4. The topological polar surface area (TPSA) is 66.4 Å². The Morgan fingerprint density at radius 1 is 1.20 bits per heavy atom. The molecule has 25 heavy (non-hydrogen) atoms. The molecule has 0 aliphatic heterocycles. The van der Waals surface area contributed by atoms with Crippen molar-refractivity contribution in [2.45, 2.75) is 31.5 Å². The van der Waals surface area contributed by atoms with Gasteiger partial charge < -0.3 is 10.4 Å². The third-order valence-corrected chi connectivity index (χ3v) is 5.19. The summed E-state index contributed by atoms with van der Waals surface area (Å²) in [6.45, 7) is 0.378. The number of nitrogens with one attached hydrogen (secondary N) is 1. The fraction of sp³-hybridized carbons (Fsp3) is 0.294. The van der Waals surface area contributed by atoms with Gasteiger partial charge in [-0.1, -0.05) is 12.1 Å². The van der Waals surface area contributed by atoms with Gasteiger partial charge in [-0.05, 0) is 48.4 Å². The number of anilines is 1. The second kappa shape index (κ2) is 5.96. The molecule has 132 valence electrons. The summed E-state index contributed by atoms with van der Waals surface area (Å²) >= 11 is 1.26. The molecular formula is C17H14F3NO3S. The Morgan fingerprint density at radius 2 is 1.88 bits per heavy atom. The van der Waals surface area contributed by atoms with Crippen LogP contribution in [-0.2, 0) is 17.6 Å². The lowest BCUT2D eigenvalue weighted by atomic mass is 9.99. The third-order valence-electron chi connectivity index (χ3n) is 4.24. The monoisotopic (exact) mass is 369 g/mol. The number of thiophene rings is 1. The van der Waals surface area contributed by atoms with Gasteiger partial charge in [0, 0.05) is 0 Å². The second-order valence-corrected chi connectivity index (χ2v) is 6.88. The number of rotatable bonds is 2. The first-order valence-electron chi connectivity index (χ1n) is 7.46. The van der Waals surface area contributed by atoms with Crippen LogP contribution in [0.2, 0.25) is 0 Å². The zero-order chi connectivity index (χ0) is 18.4. The van der Waals surface area contributed by atoms with Crippen molar-refractivity contribution >= 4 is 28.7 Å². The Hall–Kier alpha value is -2.19. The van der Waals surface area contributed by atoms with Gasteiger partial charge in [0.15, 0.2) is 0 Å². The van der Waals surface area contributed by atoms with E-state index in [-0.39, 0.29) is 17.0 Å². The van der Waals surface area contributed by atoms with Crippen molar-refractivity contribution in [3.05, 3.63) is 51.2 Å². The van der Waals surface area contributed by atoms with Crippen LogP contribution in [0.4, 0.5) is 18.9 Å². The number of aliphatic hydroxyl groups is 1. The molecule has 4 nitrogen and oxygen atoms in total. The Labute approximate surface area is 145 Å². The molecule has 0 fully saturated rings. The number of fused-ring (bicyclic) bond motifs is 2. The molecule has 3 rings (SSSR count). The largest absolute Gasteiger partial charge is 0.426 e. The molecule has 1 heterocycles. The molecule has 0 spiro atoms. The van der Waals surface area contributed by atoms with Gasteiger partial charge in [-0.25, -0.2) is 0 Å². The fourth-order valence-corrected chi connectivity index (χ4v) is 3.57. The summed E-state index contributed by atoms with van der Waals surface area (Å²) in [5.74, 6) is -1.96. The molecule has 1 aromatic heterocycles. The highest BCUT2D eigenvalue weighted by Gasteiger charge is 2.55. The summed E-state index contributed by atoms with van der Waals surface area (Å²) in [5.41, 5.74) is -1.88. The van der Waals surface area contributed by atoms with Gasteiger partial charge in [0.05, 0.1) is 16.1 Å². The lowest BCUT2D eigenvalue weighted by Crippen LogP contribution is -2.52. The predicted octanol–water partition coefficient (Wildman–Crippen LogP) is 3.33. The number of alkyl halides is 3. The molecule has 1 amide bonds. The van der Waals surface area contributed by atoms with E-state index in [1.807, 2.05) is 6.07 Å². The number of carbonyl (C=O) groups excluding carboxylic acids is 2. The van der Waals surface area contributed by atoms with E-state index < -0.39 is 17.7 Å². The van der Waals surface area contributed by atoms with E-state index in [2.05, 4.69) is 5.32 Å². The van der Waals surface area contributed by atoms with Crippen LogP contribution in [0.5, 0.6) is 0 Å². The summed E-state index contributed by atoms with van der Waals surface area (Å²) in [6, 6.07) is 6.47. The van der Waals surface area contributed by atoms with Gasteiger partial charge in [0.25, 0.3) is 5.91 Å². The average molecular weight is 369 g/mol. The highest BCUT2D eigenvalue weighted by molar-refractivity contribution is 7.12. The molecule has 1 atom stereocenters. The first kappa shape index (κ1) is 17.6. The van der Waals surface area contributed by atoms with Gasteiger partial charge in [-0.15, -0.1) is 11.3 Å². The van der Waals surface area contributed by atoms with Crippen molar-refractivity contribution in [1.82, 2.24) is 0 Å². The molecule has 0 saturated carbocycles. The van der Waals surface area contributed by atoms with E-state index in [9.17, 15) is 27.9 Å². The molecular weight excluding hydrogens is 355 g/mol. The Bertz CT molecular complexity index is 855. The lowest BCUT2D eigenvalue weighted by molar-refractivity contribution is -0.242. The first-order chi connectivity index (χ1) is 11.6. The number of halogens is 3. The first-order valence-corrected chi connectivity index (χ1v) is 8.34. The number of ketones is 1. The molecule has 1 unspecified atom stereocenters. The summed E-state index contributed by atoms with van der Waals surface area (Å²) in [6.07, 6.45) is -3.97. The maximum absolute atomic E-state index is 12.8. The van der Waals surface area contributed by atoms with Crippen LogP contribution < -0.4 is 5.32 Å². The van der Waals surface area contributed by atoms with E-state index in [1.54, 1.807) is 17.5 Å². The highest BCUT2D eigenvalue weighted by atomic mass is 32.1. The lowest BCUT2D eigenvalue weighted by Gasteiger charge is -2.25. The molecule has 8 heteroatoms. The Kier molecular flexibility index (Phi) is 4.20. The van der Waals surface area contributed by atoms with Crippen LogP contribution in [0.25, 0.3) is 0 Å². The summed E-state index contributed by atoms with van der Waals surface area (Å²) < 4.78 is 38.5. The van der Waals surface area contributed by atoms with E-state index >= 15 is 0 Å². The van der Waals surface area contributed by atoms with Crippen LogP contribution in [0, 0.1) is 0 Å². The van der Waals surface area contributed by atoms with Gasteiger partial charge >= 0.3 is 6.18 Å². The van der Waals surface area contributed by atoms with Gasteiger partial charge in [-0.3, -0.25) is 9.59 Å². The van der Waals surface area contributed by atoms with Crippen molar-refractivity contribution in [3.8, 4) is 0 Å². The maximum Gasteiger partial charge on any atom is 0.426 e. The second-order valence-electron chi connectivity index (χ2n) is 5.97. The average Bonchev–Trinajstić information content (AvgIpc) is 2.95. The molecule has 1 aliphatic rings. The van der Waals surface area contributed by atoms with Crippen LogP contribution in [-0.4, -0.2) is 28.6 Å². The molecule has 1 aliphatic carbocycles.